The van der Waals surface area contributed by atoms with E-state index in [9.17, 15) is 8.42 Å². The summed E-state index contributed by atoms with van der Waals surface area (Å²) in [4.78, 5) is 0. The minimum Gasteiger partial charge on any atom is -0.211 e. The second kappa shape index (κ2) is 4.28. The molecule has 6 heteroatoms. The fourth-order valence-electron chi connectivity index (χ4n) is 0.873. The molecule has 3 nitrogen and oxygen atoms in total. The molecule has 0 amide bonds. The molecule has 1 rings (SSSR count). The van der Waals surface area contributed by atoms with Gasteiger partial charge < -0.3 is 0 Å². The van der Waals surface area contributed by atoms with E-state index >= 15 is 0 Å². The van der Waals surface area contributed by atoms with Crippen molar-refractivity contribution in [1.82, 2.24) is 4.24 Å². The first-order chi connectivity index (χ1) is 6.03. The summed E-state index contributed by atoms with van der Waals surface area (Å²) >= 11 is 10.7. The lowest BCUT2D eigenvalue weighted by Crippen LogP contribution is -2.15. The maximum absolute atomic E-state index is 11.0. The van der Waals surface area contributed by atoms with Gasteiger partial charge in [0.05, 0.1) is 5.75 Å². The Hall–Kier alpha value is -0.290. The Kier molecular flexibility index (Phi) is 3.55. The zero-order valence-electron chi connectivity index (χ0n) is 6.50. The third kappa shape index (κ3) is 3.52. The summed E-state index contributed by atoms with van der Waals surface area (Å²) < 4.78 is 23.7. The first kappa shape index (κ1) is 10.8. The van der Waals surface area contributed by atoms with Crippen molar-refractivity contribution in [2.24, 2.45) is 0 Å². The van der Waals surface area contributed by atoms with Crippen LogP contribution in [0.2, 0.25) is 5.02 Å². The summed E-state index contributed by atoms with van der Waals surface area (Å²) in [5, 5.41) is 0.502. The smallest absolute Gasteiger partial charge is 0.211 e. The molecule has 0 aliphatic carbocycles. The van der Waals surface area contributed by atoms with E-state index in [1.54, 1.807) is 28.5 Å². The van der Waals surface area contributed by atoms with Gasteiger partial charge >= 0.3 is 0 Å². The number of rotatable bonds is 3. The van der Waals surface area contributed by atoms with Crippen LogP contribution >= 0.6 is 23.4 Å². The van der Waals surface area contributed by atoms with Crippen molar-refractivity contribution in [2.75, 3.05) is 0 Å². The molecule has 13 heavy (non-hydrogen) atoms. The summed E-state index contributed by atoms with van der Waals surface area (Å²) in [5.74, 6) is -0.170. The largest absolute Gasteiger partial charge is 0.229 e. The number of benzene rings is 1. The van der Waals surface area contributed by atoms with E-state index in [1.165, 1.54) is 0 Å². The molecule has 0 unspecified atom stereocenters. The SMILES string of the molecule is O=S(=O)(Cc1cccc(Cl)c1)NCl. The number of nitrogens with one attached hydrogen (secondary N) is 1. The third-order valence-electron chi connectivity index (χ3n) is 1.36. The van der Waals surface area contributed by atoms with Gasteiger partial charge in [-0.25, -0.2) is 8.42 Å². The Morgan fingerprint density at radius 3 is 2.62 bits per heavy atom. The molecule has 1 N–H and O–H groups in total. The van der Waals surface area contributed by atoms with E-state index in [0.29, 0.717) is 10.6 Å². The van der Waals surface area contributed by atoms with Crippen molar-refractivity contribution < 1.29 is 8.42 Å². The average molecular weight is 240 g/mol. The van der Waals surface area contributed by atoms with Gasteiger partial charge in [0.25, 0.3) is 0 Å². The first-order valence-corrected chi connectivity index (χ1v) is 5.79. The molecule has 0 fully saturated rings. The highest BCUT2D eigenvalue weighted by Crippen LogP contribution is 2.12. The highest BCUT2D eigenvalue weighted by molar-refractivity contribution is 7.89. The van der Waals surface area contributed by atoms with Gasteiger partial charge in [0.2, 0.25) is 10.0 Å². The van der Waals surface area contributed by atoms with Gasteiger partial charge in [-0.2, -0.15) is 0 Å². The normalized spacial score (nSPS) is 11.5. The van der Waals surface area contributed by atoms with Gasteiger partial charge in [0, 0.05) is 5.02 Å². The Balaban J connectivity index is 2.87. The molecule has 0 aliphatic rings. The molecule has 72 valence electrons. The predicted molar refractivity (Wildman–Crippen MR) is 53.1 cm³/mol. The van der Waals surface area contributed by atoms with Crippen LogP contribution in [-0.4, -0.2) is 8.42 Å². The lowest BCUT2D eigenvalue weighted by molar-refractivity contribution is 0.593. The zero-order valence-corrected chi connectivity index (χ0v) is 8.83. The maximum Gasteiger partial charge on any atom is 0.229 e. The molecule has 1 aromatic rings. The molecule has 0 atom stereocenters. The molecular formula is C7H7Cl2NO2S. The first-order valence-electron chi connectivity index (χ1n) is 3.38. The molecule has 0 radical (unpaired) electrons. The fraction of sp³-hybridized carbons (Fsp3) is 0.143. The lowest BCUT2D eigenvalue weighted by Gasteiger charge is -2.00. The molecule has 0 heterocycles. The van der Waals surface area contributed by atoms with Crippen LogP contribution in [0.4, 0.5) is 0 Å². The van der Waals surface area contributed by atoms with Crippen LogP contribution in [0, 0.1) is 0 Å². The van der Waals surface area contributed by atoms with Crippen molar-refractivity contribution in [3.63, 3.8) is 0 Å². The van der Waals surface area contributed by atoms with E-state index in [4.69, 9.17) is 23.4 Å². The van der Waals surface area contributed by atoms with Crippen LogP contribution in [0.25, 0.3) is 0 Å². The monoisotopic (exact) mass is 239 g/mol. The summed E-state index contributed by atoms with van der Waals surface area (Å²) in [6.07, 6.45) is 0. The average Bonchev–Trinajstić information content (AvgIpc) is 2.03. The number of hydrogen-bond donors (Lipinski definition) is 1. The van der Waals surface area contributed by atoms with Crippen LogP contribution in [0.3, 0.4) is 0 Å². The molecule has 0 spiro atoms. The minimum atomic E-state index is -3.43. The molecular weight excluding hydrogens is 233 g/mol. The van der Waals surface area contributed by atoms with Crippen molar-refractivity contribution in [1.29, 1.82) is 0 Å². The van der Waals surface area contributed by atoms with Gasteiger partial charge in [-0.15, -0.1) is 4.24 Å². The zero-order chi connectivity index (χ0) is 9.90. The summed E-state index contributed by atoms with van der Waals surface area (Å²) in [6.45, 7) is 0. The van der Waals surface area contributed by atoms with E-state index < -0.39 is 10.0 Å². The summed E-state index contributed by atoms with van der Waals surface area (Å²) in [6, 6.07) is 6.60. The van der Waals surface area contributed by atoms with Gasteiger partial charge in [-0.1, -0.05) is 23.7 Å². The Morgan fingerprint density at radius 2 is 2.08 bits per heavy atom. The van der Waals surface area contributed by atoms with Crippen LogP contribution in [0.5, 0.6) is 0 Å². The second-order valence-corrected chi connectivity index (χ2v) is 5.04. The molecule has 0 saturated heterocycles. The molecule has 1 aromatic carbocycles. The van der Waals surface area contributed by atoms with Crippen molar-refractivity contribution >= 4 is 33.4 Å². The van der Waals surface area contributed by atoms with Crippen LogP contribution < -0.4 is 4.24 Å². The van der Waals surface area contributed by atoms with Gasteiger partial charge in [0.1, 0.15) is 0 Å². The van der Waals surface area contributed by atoms with Gasteiger partial charge in [0.15, 0.2) is 0 Å². The Labute approximate surface area is 86.8 Å². The van der Waals surface area contributed by atoms with Crippen molar-refractivity contribution in [3.05, 3.63) is 34.9 Å². The Bertz CT molecular complexity index is 391. The topological polar surface area (TPSA) is 46.2 Å². The maximum atomic E-state index is 11.0. The fourth-order valence-corrected chi connectivity index (χ4v) is 1.92. The molecule has 0 aliphatic heterocycles. The highest BCUT2D eigenvalue weighted by atomic mass is 35.5. The van der Waals surface area contributed by atoms with E-state index in [1.807, 2.05) is 0 Å². The van der Waals surface area contributed by atoms with E-state index in [2.05, 4.69) is 0 Å². The standard InChI is InChI=1S/C7H7Cl2NO2S/c8-7-3-1-2-6(4-7)5-13(11,12)10-9/h1-4,10H,5H2. The van der Waals surface area contributed by atoms with Crippen molar-refractivity contribution in [3.8, 4) is 0 Å². The second-order valence-electron chi connectivity index (χ2n) is 2.47. The van der Waals surface area contributed by atoms with Crippen LogP contribution in [0.1, 0.15) is 5.56 Å². The molecule has 0 aromatic heterocycles. The minimum absolute atomic E-state index is 0.170. The van der Waals surface area contributed by atoms with Crippen LogP contribution in [-0.2, 0) is 15.8 Å². The molecule has 0 saturated carbocycles. The van der Waals surface area contributed by atoms with Crippen molar-refractivity contribution in [2.45, 2.75) is 5.75 Å². The number of halogens is 2. The van der Waals surface area contributed by atoms with E-state index in [-0.39, 0.29) is 5.75 Å². The van der Waals surface area contributed by atoms with Gasteiger partial charge in [-0.05, 0) is 29.5 Å². The quantitative estimate of drug-likeness (QED) is 0.820. The van der Waals surface area contributed by atoms with E-state index in [0.717, 1.165) is 0 Å². The molecule has 0 bridgehead atoms. The van der Waals surface area contributed by atoms with Gasteiger partial charge in [-0.3, -0.25) is 0 Å². The third-order valence-corrected chi connectivity index (χ3v) is 3.25. The highest BCUT2D eigenvalue weighted by Gasteiger charge is 2.09. The van der Waals surface area contributed by atoms with Crippen LogP contribution in [0.15, 0.2) is 24.3 Å². The predicted octanol–water partition coefficient (Wildman–Crippen LogP) is 1.91. The summed E-state index contributed by atoms with van der Waals surface area (Å²) in [7, 11) is -3.43. The number of hydrogen-bond acceptors (Lipinski definition) is 2. The summed E-state index contributed by atoms with van der Waals surface area (Å²) in [5.41, 5.74) is 0.598. The number of sulfonamides is 1. The lowest BCUT2D eigenvalue weighted by atomic mass is 10.2. The Morgan fingerprint density at radius 1 is 1.38 bits per heavy atom.